The average Bonchev–Trinajstić information content (AvgIpc) is 2.66. The van der Waals surface area contributed by atoms with Crippen LogP contribution in [0.3, 0.4) is 0 Å². The molecule has 1 heterocycles. The number of rotatable bonds is 3. The van der Waals surface area contributed by atoms with E-state index in [-0.39, 0.29) is 5.41 Å². The summed E-state index contributed by atoms with van der Waals surface area (Å²) in [6.45, 7) is 11.6. The van der Waals surface area contributed by atoms with Crippen LogP contribution in [-0.4, -0.2) is 7.05 Å². The highest BCUT2D eigenvalue weighted by Crippen LogP contribution is 2.58. The fraction of sp³-hybridized carbons (Fsp3) is 0.733. The topological polar surface area (TPSA) is 12.0 Å². The highest BCUT2D eigenvalue weighted by Gasteiger charge is 2.50. The summed E-state index contributed by atoms with van der Waals surface area (Å²) in [5.74, 6) is 0.805. The van der Waals surface area contributed by atoms with Gasteiger partial charge in [-0.15, -0.1) is 11.3 Å². The zero-order chi connectivity index (χ0) is 12.8. The van der Waals surface area contributed by atoms with Crippen molar-refractivity contribution >= 4 is 11.3 Å². The van der Waals surface area contributed by atoms with Crippen molar-refractivity contribution in [3.63, 3.8) is 0 Å². The molecular weight excluding hydrogens is 226 g/mol. The first-order valence-corrected chi connectivity index (χ1v) is 7.35. The van der Waals surface area contributed by atoms with E-state index in [0.717, 1.165) is 5.92 Å². The normalized spacial score (nSPS) is 24.7. The van der Waals surface area contributed by atoms with E-state index < -0.39 is 0 Å². The molecule has 0 radical (unpaired) electrons. The standard InChI is InChI=1S/C15H25NS/c1-14(2,3)12-8-7-11(17-12)13(16-6)10-9-15(10,4)5/h7-8,10,13,16H,9H2,1-6H3. The van der Waals surface area contributed by atoms with Gasteiger partial charge in [0.05, 0.1) is 0 Å². The fourth-order valence-corrected chi connectivity index (χ4v) is 3.78. The van der Waals surface area contributed by atoms with Crippen LogP contribution in [0.15, 0.2) is 12.1 Å². The van der Waals surface area contributed by atoms with Gasteiger partial charge < -0.3 is 5.32 Å². The Labute approximate surface area is 110 Å². The van der Waals surface area contributed by atoms with Crippen molar-refractivity contribution < 1.29 is 0 Å². The fourth-order valence-electron chi connectivity index (χ4n) is 2.54. The molecule has 0 aliphatic heterocycles. The molecule has 1 saturated carbocycles. The predicted molar refractivity (Wildman–Crippen MR) is 76.7 cm³/mol. The largest absolute Gasteiger partial charge is 0.312 e. The Balaban J connectivity index is 2.19. The van der Waals surface area contributed by atoms with Gasteiger partial charge in [-0.1, -0.05) is 34.6 Å². The number of nitrogens with one attached hydrogen (secondary N) is 1. The minimum absolute atomic E-state index is 0.278. The molecule has 2 heteroatoms. The molecule has 2 atom stereocenters. The summed E-state index contributed by atoms with van der Waals surface area (Å²) in [4.78, 5) is 3.00. The number of thiophene rings is 1. The SMILES string of the molecule is CNC(c1ccc(C(C)(C)C)s1)C1CC1(C)C. The summed E-state index contributed by atoms with van der Waals surface area (Å²) >= 11 is 1.98. The molecule has 0 aromatic carbocycles. The predicted octanol–water partition coefficient (Wildman–Crippen LogP) is 4.35. The van der Waals surface area contributed by atoms with Gasteiger partial charge in [0.25, 0.3) is 0 Å². The maximum atomic E-state index is 3.51. The van der Waals surface area contributed by atoms with Crippen LogP contribution in [0, 0.1) is 11.3 Å². The van der Waals surface area contributed by atoms with E-state index in [9.17, 15) is 0 Å². The van der Waals surface area contributed by atoms with Crippen LogP contribution in [0.4, 0.5) is 0 Å². The van der Waals surface area contributed by atoms with Crippen LogP contribution in [0.2, 0.25) is 0 Å². The van der Waals surface area contributed by atoms with Gasteiger partial charge in [-0.25, -0.2) is 0 Å². The first-order chi connectivity index (χ1) is 7.75. The van der Waals surface area contributed by atoms with E-state index in [2.05, 4.69) is 59.1 Å². The van der Waals surface area contributed by atoms with Crippen LogP contribution >= 0.6 is 11.3 Å². The quantitative estimate of drug-likeness (QED) is 0.842. The summed E-state index contributed by atoms with van der Waals surface area (Å²) in [5, 5.41) is 3.51. The van der Waals surface area contributed by atoms with Crippen molar-refractivity contribution in [1.29, 1.82) is 0 Å². The van der Waals surface area contributed by atoms with Gasteiger partial charge in [0.2, 0.25) is 0 Å². The molecule has 2 unspecified atom stereocenters. The zero-order valence-electron chi connectivity index (χ0n) is 11.9. The molecule has 1 fully saturated rings. The molecule has 1 aliphatic rings. The van der Waals surface area contributed by atoms with E-state index in [1.165, 1.54) is 16.2 Å². The smallest absolute Gasteiger partial charge is 0.0446 e. The first kappa shape index (κ1) is 13.1. The van der Waals surface area contributed by atoms with Gasteiger partial charge in [-0.3, -0.25) is 0 Å². The van der Waals surface area contributed by atoms with Crippen LogP contribution in [0.25, 0.3) is 0 Å². The third kappa shape index (κ3) is 2.58. The lowest BCUT2D eigenvalue weighted by atomic mass is 9.95. The minimum atomic E-state index is 0.278. The summed E-state index contributed by atoms with van der Waals surface area (Å²) < 4.78 is 0. The van der Waals surface area contributed by atoms with Gasteiger partial charge in [-0.2, -0.15) is 0 Å². The molecule has 0 saturated heterocycles. The molecule has 17 heavy (non-hydrogen) atoms. The molecule has 1 aromatic heterocycles. The number of hydrogen-bond donors (Lipinski definition) is 1. The lowest BCUT2D eigenvalue weighted by Crippen LogP contribution is -2.19. The van der Waals surface area contributed by atoms with E-state index in [1.54, 1.807) is 0 Å². The third-order valence-corrected chi connectivity index (χ3v) is 5.57. The highest BCUT2D eigenvalue weighted by atomic mass is 32.1. The zero-order valence-corrected chi connectivity index (χ0v) is 12.7. The second-order valence-corrected chi connectivity index (χ2v) is 8.13. The Morgan fingerprint density at radius 2 is 1.94 bits per heavy atom. The van der Waals surface area contributed by atoms with Crippen molar-refractivity contribution in [3.05, 3.63) is 21.9 Å². The summed E-state index contributed by atoms with van der Waals surface area (Å²) in [6.07, 6.45) is 1.35. The number of hydrogen-bond acceptors (Lipinski definition) is 2. The van der Waals surface area contributed by atoms with Gasteiger partial charge in [0, 0.05) is 15.8 Å². The lowest BCUT2D eigenvalue weighted by Gasteiger charge is -2.18. The molecule has 0 amide bonds. The highest BCUT2D eigenvalue weighted by molar-refractivity contribution is 7.12. The van der Waals surface area contributed by atoms with Gasteiger partial charge in [0.15, 0.2) is 0 Å². The van der Waals surface area contributed by atoms with E-state index in [1.807, 2.05) is 11.3 Å². The monoisotopic (exact) mass is 251 g/mol. The Hall–Kier alpha value is -0.340. The van der Waals surface area contributed by atoms with Crippen LogP contribution in [0.5, 0.6) is 0 Å². The van der Waals surface area contributed by atoms with Crippen molar-refractivity contribution in [2.75, 3.05) is 7.05 Å². The van der Waals surface area contributed by atoms with E-state index in [4.69, 9.17) is 0 Å². The van der Waals surface area contributed by atoms with Gasteiger partial charge in [0.1, 0.15) is 0 Å². The summed E-state index contributed by atoms with van der Waals surface area (Å²) in [7, 11) is 2.09. The molecular formula is C15H25NS. The Morgan fingerprint density at radius 3 is 2.29 bits per heavy atom. The second kappa shape index (κ2) is 4.10. The Kier molecular flexibility index (Phi) is 3.16. The molecule has 1 aliphatic carbocycles. The van der Waals surface area contributed by atoms with Gasteiger partial charge >= 0.3 is 0 Å². The van der Waals surface area contributed by atoms with Gasteiger partial charge in [-0.05, 0) is 42.3 Å². The lowest BCUT2D eigenvalue weighted by molar-refractivity contribution is 0.446. The maximum Gasteiger partial charge on any atom is 0.0446 e. The van der Waals surface area contributed by atoms with Crippen LogP contribution in [-0.2, 0) is 5.41 Å². The molecule has 0 spiro atoms. The molecule has 1 aromatic rings. The Bertz CT molecular complexity index is 397. The van der Waals surface area contributed by atoms with Crippen LogP contribution < -0.4 is 5.32 Å². The first-order valence-electron chi connectivity index (χ1n) is 6.53. The van der Waals surface area contributed by atoms with Crippen molar-refractivity contribution in [2.24, 2.45) is 11.3 Å². The second-order valence-electron chi connectivity index (χ2n) is 7.02. The molecule has 2 rings (SSSR count). The minimum Gasteiger partial charge on any atom is -0.312 e. The molecule has 0 bridgehead atoms. The van der Waals surface area contributed by atoms with Crippen molar-refractivity contribution in [2.45, 2.75) is 52.5 Å². The Morgan fingerprint density at radius 1 is 1.35 bits per heavy atom. The van der Waals surface area contributed by atoms with E-state index in [0.29, 0.717) is 11.5 Å². The third-order valence-electron chi connectivity index (χ3n) is 3.98. The summed E-state index contributed by atoms with van der Waals surface area (Å²) in [5.41, 5.74) is 0.805. The molecule has 1 nitrogen and oxygen atoms in total. The van der Waals surface area contributed by atoms with Crippen molar-refractivity contribution in [3.8, 4) is 0 Å². The molecule has 1 N–H and O–H groups in total. The van der Waals surface area contributed by atoms with Crippen molar-refractivity contribution in [1.82, 2.24) is 5.32 Å². The van der Waals surface area contributed by atoms with E-state index >= 15 is 0 Å². The maximum absolute atomic E-state index is 3.51. The van der Waals surface area contributed by atoms with Crippen LogP contribution in [0.1, 0.15) is 56.8 Å². The molecule has 96 valence electrons. The average molecular weight is 251 g/mol. The summed E-state index contributed by atoms with van der Waals surface area (Å²) in [6, 6.07) is 5.17.